The second kappa shape index (κ2) is 2.93. The molecule has 0 aliphatic heterocycles. The highest BCUT2D eigenvalue weighted by Gasteiger charge is 2.05. The number of primary amides is 1. The first-order chi connectivity index (χ1) is 5.65. The van der Waals surface area contributed by atoms with Crippen LogP contribution in [0.4, 0.5) is 11.4 Å². The minimum Gasteiger partial charge on any atom is -0.398 e. The number of nitrogens with two attached hydrogens (primary N) is 2. The summed E-state index contributed by atoms with van der Waals surface area (Å²) in [6, 6.07) is 4.41. The van der Waals surface area contributed by atoms with E-state index in [0.717, 1.165) is 0 Å². The number of amides is 1. The molecule has 4 N–H and O–H groups in total. The fourth-order valence-corrected chi connectivity index (χ4v) is 0.827. The summed E-state index contributed by atoms with van der Waals surface area (Å²) >= 11 is 0. The molecular formula is C8H7N3O. The Balaban J connectivity index is 3.28. The van der Waals surface area contributed by atoms with E-state index in [1.807, 2.05) is 0 Å². The monoisotopic (exact) mass is 161 g/mol. The Labute approximate surface area is 69.6 Å². The minimum atomic E-state index is -0.613. The van der Waals surface area contributed by atoms with Crippen molar-refractivity contribution in [2.24, 2.45) is 5.73 Å². The lowest BCUT2D eigenvalue weighted by Crippen LogP contribution is -2.13. The molecule has 0 heterocycles. The minimum absolute atomic E-state index is 0.198. The fraction of sp³-hybridized carbons (Fsp3) is 0. The predicted molar refractivity (Wildman–Crippen MR) is 45.6 cm³/mol. The van der Waals surface area contributed by atoms with Crippen LogP contribution in [0.25, 0.3) is 4.85 Å². The van der Waals surface area contributed by atoms with Crippen molar-refractivity contribution < 1.29 is 4.79 Å². The first-order valence-corrected chi connectivity index (χ1v) is 3.22. The molecule has 0 aromatic heterocycles. The summed E-state index contributed by atoms with van der Waals surface area (Å²) in [5, 5.41) is 0. The number of nitrogens with zero attached hydrogens (tertiary/aromatic N) is 1. The zero-order chi connectivity index (χ0) is 9.14. The van der Waals surface area contributed by atoms with Crippen molar-refractivity contribution in [2.45, 2.75) is 0 Å². The zero-order valence-corrected chi connectivity index (χ0v) is 6.24. The van der Waals surface area contributed by atoms with E-state index >= 15 is 0 Å². The van der Waals surface area contributed by atoms with Gasteiger partial charge in [0, 0.05) is 5.69 Å². The molecule has 4 nitrogen and oxygen atoms in total. The van der Waals surface area contributed by atoms with E-state index < -0.39 is 5.91 Å². The van der Waals surface area contributed by atoms with Crippen LogP contribution >= 0.6 is 0 Å². The average molecular weight is 161 g/mol. The van der Waals surface area contributed by atoms with Crippen molar-refractivity contribution in [1.82, 2.24) is 0 Å². The summed E-state index contributed by atoms with van der Waals surface area (Å²) in [7, 11) is 0. The zero-order valence-electron chi connectivity index (χ0n) is 6.24. The molecule has 0 fully saturated rings. The van der Waals surface area contributed by atoms with Gasteiger partial charge in [-0.25, -0.2) is 4.85 Å². The molecule has 1 rings (SSSR count). The molecule has 0 bridgehead atoms. The van der Waals surface area contributed by atoms with E-state index in [4.69, 9.17) is 18.0 Å². The van der Waals surface area contributed by atoms with Crippen LogP contribution in [-0.2, 0) is 0 Å². The smallest absolute Gasteiger partial charge is 0.249 e. The highest BCUT2D eigenvalue weighted by Crippen LogP contribution is 2.19. The maximum absolute atomic E-state index is 10.7. The molecule has 0 atom stereocenters. The molecular weight excluding hydrogens is 154 g/mol. The fourth-order valence-electron chi connectivity index (χ4n) is 0.827. The van der Waals surface area contributed by atoms with Crippen LogP contribution in [0.2, 0.25) is 0 Å². The molecule has 1 aromatic carbocycles. The number of hydrogen-bond donors (Lipinski definition) is 2. The molecule has 60 valence electrons. The number of carbonyl (C=O) groups is 1. The van der Waals surface area contributed by atoms with E-state index in [9.17, 15) is 4.79 Å². The number of rotatable bonds is 1. The maximum atomic E-state index is 10.7. The molecule has 12 heavy (non-hydrogen) atoms. The maximum Gasteiger partial charge on any atom is 0.249 e. The lowest BCUT2D eigenvalue weighted by molar-refractivity contribution is 0.100. The van der Waals surface area contributed by atoms with Gasteiger partial charge in [0.25, 0.3) is 0 Å². The third-order valence-corrected chi connectivity index (χ3v) is 1.43. The SMILES string of the molecule is [C-]#[N+]c1ccc(N)c(C(N)=O)c1. The second-order valence-electron chi connectivity index (χ2n) is 2.25. The Bertz CT molecular complexity index is 365. The van der Waals surface area contributed by atoms with E-state index in [-0.39, 0.29) is 5.56 Å². The molecule has 0 saturated heterocycles. The quantitative estimate of drug-likeness (QED) is 0.474. The van der Waals surface area contributed by atoms with Gasteiger partial charge in [0.15, 0.2) is 5.69 Å². The molecule has 0 aliphatic carbocycles. The van der Waals surface area contributed by atoms with Gasteiger partial charge in [0.2, 0.25) is 5.91 Å². The number of anilines is 1. The topological polar surface area (TPSA) is 73.5 Å². The molecule has 0 unspecified atom stereocenters. The summed E-state index contributed by atoms with van der Waals surface area (Å²) in [5.74, 6) is -0.613. The van der Waals surface area contributed by atoms with Crippen LogP contribution in [-0.4, -0.2) is 5.91 Å². The Kier molecular flexibility index (Phi) is 1.97. The second-order valence-corrected chi connectivity index (χ2v) is 2.25. The van der Waals surface area contributed by atoms with E-state index in [0.29, 0.717) is 11.4 Å². The van der Waals surface area contributed by atoms with Crippen molar-refractivity contribution in [1.29, 1.82) is 0 Å². The van der Waals surface area contributed by atoms with Gasteiger partial charge in [-0.2, -0.15) is 0 Å². The van der Waals surface area contributed by atoms with Crippen molar-refractivity contribution in [3.05, 3.63) is 35.2 Å². The molecule has 1 aromatic rings. The largest absolute Gasteiger partial charge is 0.398 e. The summed E-state index contributed by atoms with van der Waals surface area (Å²) in [5.41, 5.74) is 11.3. The predicted octanol–water partition coefficient (Wildman–Crippen LogP) is 0.918. The van der Waals surface area contributed by atoms with Gasteiger partial charge in [-0.3, -0.25) is 4.79 Å². The first kappa shape index (κ1) is 8.08. The number of carbonyl (C=O) groups excluding carboxylic acids is 1. The summed E-state index contributed by atoms with van der Waals surface area (Å²) < 4.78 is 0. The van der Waals surface area contributed by atoms with Gasteiger partial charge in [0.1, 0.15) is 0 Å². The first-order valence-electron chi connectivity index (χ1n) is 3.22. The molecule has 0 radical (unpaired) electrons. The molecule has 0 saturated carbocycles. The Hall–Kier alpha value is -2.02. The molecule has 0 spiro atoms. The van der Waals surface area contributed by atoms with Gasteiger partial charge in [-0.1, -0.05) is 6.07 Å². The van der Waals surface area contributed by atoms with Crippen LogP contribution in [0.15, 0.2) is 18.2 Å². The highest BCUT2D eigenvalue weighted by atomic mass is 16.1. The van der Waals surface area contributed by atoms with Crippen LogP contribution in [0.1, 0.15) is 10.4 Å². The number of hydrogen-bond acceptors (Lipinski definition) is 2. The molecule has 1 amide bonds. The van der Waals surface area contributed by atoms with Gasteiger partial charge in [-0.05, 0) is 12.1 Å². The third kappa shape index (κ3) is 1.35. The van der Waals surface area contributed by atoms with Gasteiger partial charge >= 0.3 is 0 Å². The van der Waals surface area contributed by atoms with Crippen LogP contribution in [0, 0.1) is 6.57 Å². The van der Waals surface area contributed by atoms with E-state index in [1.54, 1.807) is 0 Å². The van der Waals surface area contributed by atoms with Crippen LogP contribution in [0.5, 0.6) is 0 Å². The summed E-state index contributed by atoms with van der Waals surface area (Å²) in [4.78, 5) is 13.9. The summed E-state index contributed by atoms with van der Waals surface area (Å²) in [6.07, 6.45) is 0. The average Bonchev–Trinajstić information content (AvgIpc) is 2.05. The van der Waals surface area contributed by atoms with Crippen molar-refractivity contribution in [2.75, 3.05) is 5.73 Å². The Morgan fingerprint density at radius 3 is 2.67 bits per heavy atom. The van der Waals surface area contributed by atoms with Crippen molar-refractivity contribution >= 4 is 17.3 Å². The van der Waals surface area contributed by atoms with Gasteiger partial charge in [0.05, 0.1) is 12.1 Å². The normalized spacial score (nSPS) is 8.92. The highest BCUT2D eigenvalue weighted by molar-refractivity contribution is 5.98. The summed E-state index contributed by atoms with van der Waals surface area (Å²) in [6.45, 7) is 6.68. The third-order valence-electron chi connectivity index (χ3n) is 1.43. The van der Waals surface area contributed by atoms with Crippen LogP contribution in [0.3, 0.4) is 0 Å². The van der Waals surface area contributed by atoms with Gasteiger partial charge in [-0.15, -0.1) is 0 Å². The van der Waals surface area contributed by atoms with E-state index in [1.165, 1.54) is 18.2 Å². The Morgan fingerprint density at radius 2 is 2.17 bits per heavy atom. The van der Waals surface area contributed by atoms with Crippen molar-refractivity contribution in [3.63, 3.8) is 0 Å². The number of nitrogen functional groups attached to an aromatic ring is 1. The molecule has 4 heteroatoms. The lowest BCUT2D eigenvalue weighted by Gasteiger charge is -2.00. The van der Waals surface area contributed by atoms with Gasteiger partial charge < -0.3 is 11.5 Å². The standard InChI is InChI=1S/C8H7N3O/c1-11-5-2-3-7(9)6(4-5)8(10)12/h2-4H,9H2,(H2,10,12). The number of benzene rings is 1. The van der Waals surface area contributed by atoms with E-state index in [2.05, 4.69) is 4.85 Å². The Morgan fingerprint density at radius 1 is 1.50 bits per heavy atom. The molecule has 0 aliphatic rings. The lowest BCUT2D eigenvalue weighted by atomic mass is 10.1. The van der Waals surface area contributed by atoms with Crippen LogP contribution < -0.4 is 11.5 Å². The van der Waals surface area contributed by atoms with Crippen molar-refractivity contribution in [3.8, 4) is 0 Å².